The van der Waals surface area contributed by atoms with Gasteiger partial charge in [0.05, 0.1) is 6.54 Å². The minimum Gasteiger partial charge on any atom is -0.327 e. The molecule has 13 heavy (non-hydrogen) atoms. The molecule has 0 amide bonds. The molecule has 0 spiro atoms. The summed E-state index contributed by atoms with van der Waals surface area (Å²) in [4.78, 5) is 4.35. The molecule has 1 atom stereocenters. The lowest BCUT2D eigenvalue weighted by atomic mass is 10.1. The van der Waals surface area contributed by atoms with Gasteiger partial charge in [0.2, 0.25) is 0 Å². The van der Waals surface area contributed by atoms with Crippen molar-refractivity contribution >= 4 is 40.3 Å². The van der Waals surface area contributed by atoms with Gasteiger partial charge in [-0.05, 0) is 5.92 Å². The van der Waals surface area contributed by atoms with Crippen LogP contribution in [0.5, 0.6) is 0 Å². The van der Waals surface area contributed by atoms with Crippen LogP contribution in [0.15, 0.2) is 4.99 Å². The molecule has 0 aromatic heterocycles. The van der Waals surface area contributed by atoms with E-state index in [9.17, 15) is 0 Å². The predicted molar refractivity (Wildman–Crippen MR) is 67.3 cm³/mol. The van der Waals surface area contributed by atoms with Crippen molar-refractivity contribution in [3.8, 4) is 0 Å². The molecular formula is C8H17ClN2S2. The third kappa shape index (κ3) is 5.15. The number of thioether (sulfide) groups is 2. The second-order valence-electron chi connectivity index (χ2n) is 3.21. The Morgan fingerprint density at radius 1 is 1.62 bits per heavy atom. The van der Waals surface area contributed by atoms with Gasteiger partial charge in [0.15, 0.2) is 0 Å². The number of halogens is 1. The topological polar surface area (TPSA) is 38.4 Å². The molecule has 0 radical (unpaired) electrons. The van der Waals surface area contributed by atoms with Gasteiger partial charge in [0, 0.05) is 17.5 Å². The van der Waals surface area contributed by atoms with E-state index < -0.39 is 0 Å². The van der Waals surface area contributed by atoms with Gasteiger partial charge in [-0.15, -0.1) is 12.4 Å². The molecule has 0 aromatic rings. The zero-order valence-electron chi connectivity index (χ0n) is 8.03. The van der Waals surface area contributed by atoms with E-state index in [0.29, 0.717) is 12.0 Å². The summed E-state index contributed by atoms with van der Waals surface area (Å²) in [5, 5.41) is 0. The molecule has 0 aliphatic carbocycles. The zero-order valence-corrected chi connectivity index (χ0v) is 10.5. The lowest BCUT2D eigenvalue weighted by Crippen LogP contribution is -2.29. The Kier molecular flexibility index (Phi) is 7.32. The van der Waals surface area contributed by atoms with E-state index in [1.54, 1.807) is 0 Å². The number of hydrogen-bond acceptors (Lipinski definition) is 4. The van der Waals surface area contributed by atoms with E-state index >= 15 is 0 Å². The molecule has 0 aromatic carbocycles. The molecule has 0 bridgehead atoms. The summed E-state index contributed by atoms with van der Waals surface area (Å²) in [6.45, 7) is 5.31. The van der Waals surface area contributed by atoms with Gasteiger partial charge >= 0.3 is 0 Å². The van der Waals surface area contributed by atoms with Crippen LogP contribution in [0.25, 0.3) is 0 Å². The Morgan fingerprint density at radius 2 is 2.31 bits per heavy atom. The number of nitrogens with zero attached hydrogens (tertiary/aromatic N) is 1. The second kappa shape index (κ2) is 6.98. The van der Waals surface area contributed by atoms with Crippen molar-refractivity contribution in [3.05, 3.63) is 0 Å². The first-order chi connectivity index (χ1) is 5.70. The van der Waals surface area contributed by atoms with Gasteiger partial charge in [-0.25, -0.2) is 0 Å². The smallest absolute Gasteiger partial charge is 0.124 e. The largest absolute Gasteiger partial charge is 0.327 e. The van der Waals surface area contributed by atoms with Crippen molar-refractivity contribution in [1.29, 1.82) is 0 Å². The first kappa shape index (κ1) is 13.6. The molecular weight excluding hydrogens is 224 g/mol. The number of rotatable bonds is 3. The SMILES string of the molecule is CC(C)C(N)CSC1=NCCS1.Cl. The molecule has 1 aliphatic heterocycles. The quantitative estimate of drug-likeness (QED) is 0.822. The maximum absolute atomic E-state index is 5.91. The summed E-state index contributed by atoms with van der Waals surface area (Å²) in [6.07, 6.45) is 0. The van der Waals surface area contributed by atoms with Gasteiger partial charge in [-0.1, -0.05) is 37.4 Å². The fraction of sp³-hybridized carbons (Fsp3) is 0.875. The highest BCUT2D eigenvalue weighted by molar-refractivity contribution is 8.39. The normalized spacial score (nSPS) is 18.3. The van der Waals surface area contributed by atoms with Crippen molar-refractivity contribution in [2.24, 2.45) is 16.6 Å². The summed E-state index contributed by atoms with van der Waals surface area (Å²) in [6, 6.07) is 0.305. The first-order valence-electron chi connectivity index (χ1n) is 4.26. The molecule has 2 N–H and O–H groups in total. The average molecular weight is 241 g/mol. The highest BCUT2D eigenvalue weighted by Gasteiger charge is 2.12. The molecule has 0 saturated heterocycles. The predicted octanol–water partition coefficient (Wildman–Crippen LogP) is 2.23. The van der Waals surface area contributed by atoms with E-state index in [4.69, 9.17) is 5.73 Å². The van der Waals surface area contributed by atoms with Crippen molar-refractivity contribution in [3.63, 3.8) is 0 Å². The Bertz CT molecular complexity index is 174. The second-order valence-corrected chi connectivity index (χ2v) is 5.57. The molecule has 1 unspecified atom stereocenters. The van der Waals surface area contributed by atoms with Gasteiger partial charge in [-0.3, -0.25) is 4.99 Å². The van der Waals surface area contributed by atoms with Crippen LogP contribution >= 0.6 is 35.9 Å². The first-order valence-corrected chi connectivity index (χ1v) is 6.23. The number of nitrogens with two attached hydrogens (primary N) is 1. The van der Waals surface area contributed by atoms with E-state index in [2.05, 4.69) is 18.8 Å². The van der Waals surface area contributed by atoms with Crippen molar-refractivity contribution in [2.45, 2.75) is 19.9 Å². The summed E-state index contributed by atoms with van der Waals surface area (Å²) in [5.74, 6) is 2.73. The molecule has 1 aliphatic rings. The third-order valence-electron chi connectivity index (χ3n) is 1.81. The van der Waals surface area contributed by atoms with Crippen LogP contribution in [0.4, 0.5) is 0 Å². The highest BCUT2D eigenvalue weighted by atomic mass is 35.5. The fourth-order valence-electron chi connectivity index (χ4n) is 0.763. The van der Waals surface area contributed by atoms with Gasteiger partial charge in [-0.2, -0.15) is 0 Å². The maximum atomic E-state index is 5.91. The van der Waals surface area contributed by atoms with E-state index in [1.165, 1.54) is 4.38 Å². The van der Waals surface area contributed by atoms with Crippen LogP contribution in [0.2, 0.25) is 0 Å². The fourth-order valence-corrected chi connectivity index (χ4v) is 2.99. The lowest BCUT2D eigenvalue weighted by Gasteiger charge is -2.14. The third-order valence-corrected chi connectivity index (χ3v) is 4.21. The highest BCUT2D eigenvalue weighted by Crippen LogP contribution is 2.23. The molecule has 0 fully saturated rings. The molecule has 2 nitrogen and oxygen atoms in total. The van der Waals surface area contributed by atoms with Crippen LogP contribution in [-0.2, 0) is 0 Å². The Balaban J connectivity index is 0.00000144. The standard InChI is InChI=1S/C8H16N2S2.ClH/c1-6(2)7(9)5-12-8-10-3-4-11-8;/h6-7H,3-5,9H2,1-2H3;1H. The molecule has 5 heteroatoms. The number of hydrogen-bond donors (Lipinski definition) is 1. The van der Waals surface area contributed by atoms with Crippen molar-refractivity contribution < 1.29 is 0 Å². The van der Waals surface area contributed by atoms with Crippen LogP contribution in [0, 0.1) is 5.92 Å². The minimum absolute atomic E-state index is 0. The summed E-state index contributed by atoms with van der Waals surface area (Å²) in [7, 11) is 0. The Hall–Kier alpha value is 0.620. The molecule has 0 saturated carbocycles. The van der Waals surface area contributed by atoms with Gasteiger partial charge in [0.25, 0.3) is 0 Å². The van der Waals surface area contributed by atoms with Crippen LogP contribution in [0.1, 0.15) is 13.8 Å². The van der Waals surface area contributed by atoms with Crippen molar-refractivity contribution in [1.82, 2.24) is 0 Å². The zero-order chi connectivity index (χ0) is 8.97. The summed E-state index contributed by atoms with van der Waals surface area (Å²) < 4.78 is 1.23. The summed E-state index contributed by atoms with van der Waals surface area (Å²) >= 11 is 3.66. The van der Waals surface area contributed by atoms with Crippen molar-refractivity contribution in [2.75, 3.05) is 18.1 Å². The summed E-state index contributed by atoms with van der Waals surface area (Å²) in [5.41, 5.74) is 5.91. The van der Waals surface area contributed by atoms with E-state index in [-0.39, 0.29) is 12.4 Å². The lowest BCUT2D eigenvalue weighted by molar-refractivity contribution is 0.536. The Morgan fingerprint density at radius 3 is 2.77 bits per heavy atom. The molecule has 78 valence electrons. The van der Waals surface area contributed by atoms with Crippen LogP contribution in [-0.4, -0.2) is 28.5 Å². The molecule has 1 rings (SSSR count). The maximum Gasteiger partial charge on any atom is 0.124 e. The minimum atomic E-state index is 0. The number of aliphatic imine (C=N–C) groups is 1. The van der Waals surface area contributed by atoms with Gasteiger partial charge in [0.1, 0.15) is 4.38 Å². The van der Waals surface area contributed by atoms with Crippen LogP contribution < -0.4 is 5.73 Å². The van der Waals surface area contributed by atoms with Gasteiger partial charge < -0.3 is 5.73 Å². The van der Waals surface area contributed by atoms with E-state index in [0.717, 1.165) is 18.1 Å². The Labute approximate surface area is 94.9 Å². The van der Waals surface area contributed by atoms with E-state index in [1.807, 2.05) is 23.5 Å². The average Bonchev–Trinajstić information content (AvgIpc) is 2.51. The van der Waals surface area contributed by atoms with Crippen LogP contribution in [0.3, 0.4) is 0 Å². The monoisotopic (exact) mass is 240 g/mol. The molecule has 1 heterocycles.